The maximum Gasteiger partial charge on any atom is 0.162 e. The van der Waals surface area contributed by atoms with E-state index in [1.165, 1.54) is 33.7 Å². The lowest BCUT2D eigenvalue weighted by molar-refractivity contribution is 0.0888. The molecule has 1 saturated heterocycles. The first-order chi connectivity index (χ1) is 17.9. The van der Waals surface area contributed by atoms with E-state index in [0.717, 1.165) is 50.5 Å². The van der Waals surface area contributed by atoms with Crippen molar-refractivity contribution in [2.75, 3.05) is 32.7 Å². The van der Waals surface area contributed by atoms with Crippen molar-refractivity contribution in [2.45, 2.75) is 54.9 Å². The van der Waals surface area contributed by atoms with Gasteiger partial charge in [0, 0.05) is 54.0 Å². The highest BCUT2D eigenvalue weighted by atomic mass is 32.2. The van der Waals surface area contributed by atoms with Crippen LogP contribution >= 0.6 is 11.8 Å². The van der Waals surface area contributed by atoms with E-state index in [4.69, 9.17) is 0 Å². The van der Waals surface area contributed by atoms with Gasteiger partial charge in [0.25, 0.3) is 0 Å². The molecule has 0 unspecified atom stereocenters. The molecule has 0 aromatic heterocycles. The number of carbonyl (C=O) groups excluding carboxylic acids is 1. The molecule has 2 aliphatic rings. The average Bonchev–Trinajstić information content (AvgIpc) is 3.05. The number of fused-ring (bicyclic) bond motifs is 2. The Morgan fingerprint density at radius 1 is 0.919 bits per heavy atom. The molecule has 0 N–H and O–H groups in total. The van der Waals surface area contributed by atoms with Crippen molar-refractivity contribution < 1.29 is 13.6 Å². The van der Waals surface area contributed by atoms with E-state index in [2.05, 4.69) is 41.8 Å². The maximum atomic E-state index is 14.1. The summed E-state index contributed by atoms with van der Waals surface area (Å²) < 4.78 is 27.2. The van der Waals surface area contributed by atoms with Gasteiger partial charge in [-0.25, -0.2) is 8.78 Å². The van der Waals surface area contributed by atoms with E-state index in [9.17, 15) is 13.6 Å². The Morgan fingerprint density at radius 2 is 1.65 bits per heavy atom. The third-order valence-corrected chi connectivity index (χ3v) is 8.81. The number of benzene rings is 3. The first kappa shape index (κ1) is 26.1. The SMILES string of the molecule is CC(C)c1ccc2c(c1)[C@@H](N1CCN(CCCC(=O)c3ccc(F)cc3)CC1)Cc1ccc(F)cc1S2. The summed E-state index contributed by atoms with van der Waals surface area (Å²) in [5.74, 6) is 0.0210. The predicted molar refractivity (Wildman–Crippen MR) is 145 cm³/mol. The molecule has 0 saturated carbocycles. The number of rotatable bonds is 7. The minimum atomic E-state index is -0.319. The highest BCUT2D eigenvalue weighted by Crippen LogP contribution is 2.44. The lowest BCUT2D eigenvalue weighted by atomic mass is 9.93. The fourth-order valence-electron chi connectivity index (χ4n) is 5.38. The molecule has 3 aromatic rings. The largest absolute Gasteiger partial charge is 0.301 e. The van der Waals surface area contributed by atoms with Gasteiger partial charge in [0.15, 0.2) is 5.78 Å². The normalized spacial score (nSPS) is 18.4. The molecule has 5 rings (SSSR count). The van der Waals surface area contributed by atoms with Crippen molar-refractivity contribution in [3.63, 3.8) is 0 Å². The summed E-state index contributed by atoms with van der Waals surface area (Å²) in [5, 5.41) is 0. The van der Waals surface area contributed by atoms with E-state index < -0.39 is 0 Å². The Hall–Kier alpha value is -2.54. The predicted octanol–water partition coefficient (Wildman–Crippen LogP) is 7.12. The lowest BCUT2D eigenvalue weighted by Crippen LogP contribution is -2.48. The van der Waals surface area contributed by atoms with E-state index in [1.54, 1.807) is 36.0 Å². The molecule has 3 nitrogen and oxygen atoms in total. The number of hydrogen-bond acceptors (Lipinski definition) is 4. The molecule has 37 heavy (non-hydrogen) atoms. The minimum Gasteiger partial charge on any atom is -0.301 e. The molecule has 2 aliphatic heterocycles. The summed E-state index contributed by atoms with van der Waals surface area (Å²) in [6.07, 6.45) is 2.16. The minimum absolute atomic E-state index is 0.0715. The summed E-state index contributed by atoms with van der Waals surface area (Å²) in [5.41, 5.74) is 4.48. The number of hydrogen-bond donors (Lipinski definition) is 0. The second-order valence-corrected chi connectivity index (χ2v) is 11.5. The Labute approximate surface area is 222 Å². The highest BCUT2D eigenvalue weighted by Gasteiger charge is 2.30. The van der Waals surface area contributed by atoms with E-state index in [0.29, 0.717) is 17.9 Å². The van der Waals surface area contributed by atoms with Crippen LogP contribution in [0.3, 0.4) is 0 Å². The fraction of sp³-hybridized carbons (Fsp3) is 0.387. The van der Waals surface area contributed by atoms with Gasteiger partial charge >= 0.3 is 0 Å². The van der Waals surface area contributed by atoms with E-state index in [1.807, 2.05) is 6.07 Å². The van der Waals surface area contributed by atoms with Gasteiger partial charge in [-0.1, -0.05) is 43.8 Å². The van der Waals surface area contributed by atoms with Crippen LogP contribution in [-0.4, -0.2) is 48.3 Å². The van der Waals surface area contributed by atoms with Crippen molar-refractivity contribution in [1.82, 2.24) is 9.80 Å². The third-order valence-electron chi connectivity index (χ3n) is 7.61. The van der Waals surface area contributed by atoms with Crippen LogP contribution in [0.25, 0.3) is 0 Å². The highest BCUT2D eigenvalue weighted by molar-refractivity contribution is 7.99. The van der Waals surface area contributed by atoms with Crippen molar-refractivity contribution in [3.8, 4) is 0 Å². The van der Waals surface area contributed by atoms with Crippen molar-refractivity contribution in [2.24, 2.45) is 0 Å². The fourth-order valence-corrected chi connectivity index (χ4v) is 6.52. The van der Waals surface area contributed by atoms with Crippen LogP contribution in [0.2, 0.25) is 0 Å². The summed E-state index contributed by atoms with van der Waals surface area (Å²) in [7, 11) is 0. The topological polar surface area (TPSA) is 23.6 Å². The summed E-state index contributed by atoms with van der Waals surface area (Å²) >= 11 is 1.69. The Balaban J connectivity index is 1.24. The van der Waals surface area contributed by atoms with Crippen LogP contribution in [0.5, 0.6) is 0 Å². The number of carbonyl (C=O) groups is 1. The van der Waals surface area contributed by atoms with Crippen molar-refractivity contribution in [3.05, 3.63) is 94.6 Å². The van der Waals surface area contributed by atoms with Crippen molar-refractivity contribution >= 4 is 17.5 Å². The molecule has 1 fully saturated rings. The molecule has 6 heteroatoms. The second-order valence-electron chi connectivity index (χ2n) is 10.4. The number of ketones is 1. The molecule has 0 aliphatic carbocycles. The van der Waals surface area contributed by atoms with Gasteiger partial charge in [-0.2, -0.15) is 0 Å². The van der Waals surface area contributed by atoms with Gasteiger partial charge in [0.2, 0.25) is 0 Å². The molecular formula is C31H34F2N2OS. The number of piperazine rings is 1. The molecule has 3 aromatic carbocycles. The summed E-state index contributed by atoms with van der Waals surface area (Å²) in [6, 6.07) is 18.1. The second kappa shape index (κ2) is 11.5. The van der Waals surface area contributed by atoms with Crippen LogP contribution in [-0.2, 0) is 6.42 Å². The summed E-state index contributed by atoms with van der Waals surface area (Å²) in [6.45, 7) is 9.19. The quantitative estimate of drug-likeness (QED) is 0.310. The Bertz CT molecular complexity index is 1250. The van der Waals surface area contributed by atoms with Crippen molar-refractivity contribution in [1.29, 1.82) is 0 Å². The molecular weight excluding hydrogens is 486 g/mol. The Kier molecular flexibility index (Phi) is 8.08. The van der Waals surface area contributed by atoms with Gasteiger partial charge in [0.05, 0.1) is 0 Å². The van der Waals surface area contributed by atoms with Gasteiger partial charge in [0.1, 0.15) is 11.6 Å². The average molecular weight is 521 g/mol. The first-order valence-electron chi connectivity index (χ1n) is 13.2. The molecule has 194 valence electrons. The molecule has 0 spiro atoms. The monoisotopic (exact) mass is 520 g/mol. The number of nitrogens with zero attached hydrogens (tertiary/aromatic N) is 2. The van der Waals surface area contributed by atoms with E-state index >= 15 is 0 Å². The van der Waals surface area contributed by atoms with Gasteiger partial charge < -0.3 is 4.90 Å². The number of halogens is 2. The third kappa shape index (κ3) is 6.14. The summed E-state index contributed by atoms with van der Waals surface area (Å²) in [4.78, 5) is 19.7. The first-order valence-corrected chi connectivity index (χ1v) is 14.0. The van der Waals surface area contributed by atoms with Gasteiger partial charge in [-0.15, -0.1) is 0 Å². The zero-order valence-electron chi connectivity index (χ0n) is 21.6. The molecule has 0 bridgehead atoms. The maximum absolute atomic E-state index is 14.1. The van der Waals surface area contributed by atoms with Gasteiger partial charge in [-0.3, -0.25) is 9.69 Å². The zero-order chi connectivity index (χ0) is 25.9. The van der Waals surface area contributed by atoms with Gasteiger partial charge in [-0.05, 0) is 84.5 Å². The molecule has 1 atom stereocenters. The molecule has 2 heterocycles. The Morgan fingerprint density at radius 3 is 2.38 bits per heavy atom. The van der Waals surface area contributed by atoms with Crippen LogP contribution in [0.1, 0.15) is 65.7 Å². The molecule has 0 amide bonds. The van der Waals surface area contributed by atoms with Crippen LogP contribution in [0, 0.1) is 11.6 Å². The zero-order valence-corrected chi connectivity index (χ0v) is 22.4. The number of Topliss-reactive ketones (excluding diaryl/α,β-unsaturated/α-hetero) is 1. The molecule has 0 radical (unpaired) electrons. The van der Waals surface area contributed by atoms with Crippen LogP contribution < -0.4 is 0 Å². The lowest BCUT2D eigenvalue weighted by Gasteiger charge is -2.40. The van der Waals surface area contributed by atoms with Crippen LogP contribution in [0.4, 0.5) is 8.78 Å². The smallest absolute Gasteiger partial charge is 0.162 e. The van der Waals surface area contributed by atoms with Crippen LogP contribution in [0.15, 0.2) is 70.5 Å². The van der Waals surface area contributed by atoms with E-state index in [-0.39, 0.29) is 23.5 Å². The standard InChI is InChI=1S/C31H34F2N2OS/c1-21(2)23-8-12-30-27(18-23)28(19-24-7-11-26(33)20-31(24)37-30)35-16-14-34(15-17-35)13-3-4-29(36)22-5-9-25(32)10-6-22/h5-12,18,20-21,28H,3-4,13-17,19H2,1-2H3/t28-/m0/s1.